The van der Waals surface area contributed by atoms with Gasteiger partial charge in [-0.1, -0.05) is 48.7 Å². The number of thioether (sulfide) groups is 1. The first-order valence-corrected chi connectivity index (χ1v) is 11.0. The van der Waals surface area contributed by atoms with Crippen LogP contribution in [-0.2, 0) is 17.5 Å². The van der Waals surface area contributed by atoms with Crippen LogP contribution in [0.2, 0.25) is 5.02 Å². The summed E-state index contributed by atoms with van der Waals surface area (Å²) < 4.78 is 40.6. The van der Waals surface area contributed by atoms with Crippen molar-refractivity contribution in [1.29, 1.82) is 0 Å². The SMILES string of the molecule is C=CCn1c(SCC(=O)Nc2cc(C(F)(F)F)ccc2Cl)nnc1C1CCCCC1. The molecule has 1 aliphatic rings. The zero-order valence-electron chi connectivity index (χ0n) is 16.2. The number of rotatable bonds is 7. The number of halogens is 4. The van der Waals surface area contributed by atoms with Crippen molar-refractivity contribution in [2.75, 3.05) is 11.1 Å². The molecule has 0 saturated heterocycles. The predicted octanol–water partition coefficient (Wildman–Crippen LogP) is 5.91. The molecule has 30 heavy (non-hydrogen) atoms. The van der Waals surface area contributed by atoms with Crippen molar-refractivity contribution in [3.05, 3.63) is 47.3 Å². The lowest BCUT2D eigenvalue weighted by Gasteiger charge is -2.21. The number of hydrogen-bond acceptors (Lipinski definition) is 4. The van der Waals surface area contributed by atoms with Crippen LogP contribution >= 0.6 is 23.4 Å². The van der Waals surface area contributed by atoms with E-state index in [0.29, 0.717) is 17.6 Å². The van der Waals surface area contributed by atoms with Gasteiger partial charge in [0.05, 0.1) is 22.0 Å². The summed E-state index contributed by atoms with van der Waals surface area (Å²) in [7, 11) is 0. The lowest BCUT2D eigenvalue weighted by Crippen LogP contribution is -2.16. The van der Waals surface area contributed by atoms with Crippen LogP contribution in [0.15, 0.2) is 36.0 Å². The first-order chi connectivity index (χ1) is 14.3. The third-order valence-electron chi connectivity index (χ3n) is 4.93. The van der Waals surface area contributed by atoms with Gasteiger partial charge in [-0.3, -0.25) is 4.79 Å². The minimum absolute atomic E-state index is 0.0352. The van der Waals surface area contributed by atoms with Gasteiger partial charge in [0.25, 0.3) is 0 Å². The highest BCUT2D eigenvalue weighted by Crippen LogP contribution is 2.35. The first-order valence-electron chi connectivity index (χ1n) is 9.63. The normalized spacial score (nSPS) is 15.2. The molecule has 0 radical (unpaired) electrons. The van der Waals surface area contributed by atoms with Crippen molar-refractivity contribution in [3.8, 4) is 0 Å². The molecule has 1 aromatic carbocycles. The first kappa shape index (κ1) is 22.7. The molecule has 0 spiro atoms. The number of carbonyl (C=O) groups is 1. The largest absolute Gasteiger partial charge is 0.416 e. The molecule has 1 fully saturated rings. The van der Waals surface area contributed by atoms with Crippen molar-refractivity contribution in [2.45, 2.75) is 55.9 Å². The number of benzene rings is 1. The summed E-state index contributed by atoms with van der Waals surface area (Å²) >= 11 is 7.12. The lowest BCUT2D eigenvalue weighted by atomic mass is 9.89. The summed E-state index contributed by atoms with van der Waals surface area (Å²) in [6.07, 6.45) is 2.91. The lowest BCUT2D eigenvalue weighted by molar-refractivity contribution is -0.137. The molecular weight excluding hydrogens is 437 g/mol. The van der Waals surface area contributed by atoms with E-state index in [1.165, 1.54) is 18.2 Å². The van der Waals surface area contributed by atoms with E-state index in [0.717, 1.165) is 49.7 Å². The van der Waals surface area contributed by atoms with E-state index in [1.807, 2.05) is 4.57 Å². The van der Waals surface area contributed by atoms with Gasteiger partial charge in [-0.05, 0) is 31.0 Å². The van der Waals surface area contributed by atoms with Gasteiger partial charge in [0.15, 0.2) is 5.16 Å². The van der Waals surface area contributed by atoms with E-state index in [9.17, 15) is 18.0 Å². The molecule has 1 amide bonds. The maximum absolute atomic E-state index is 12.9. The van der Waals surface area contributed by atoms with Gasteiger partial charge in [-0.15, -0.1) is 16.8 Å². The number of alkyl halides is 3. The summed E-state index contributed by atoms with van der Waals surface area (Å²) in [6, 6.07) is 2.81. The number of nitrogens with one attached hydrogen (secondary N) is 1. The number of hydrogen-bond donors (Lipinski definition) is 1. The molecule has 5 nitrogen and oxygen atoms in total. The summed E-state index contributed by atoms with van der Waals surface area (Å²) in [5.74, 6) is 0.734. The fraction of sp³-hybridized carbons (Fsp3) is 0.450. The van der Waals surface area contributed by atoms with Crippen molar-refractivity contribution in [3.63, 3.8) is 0 Å². The number of nitrogens with zero attached hydrogens (tertiary/aromatic N) is 3. The van der Waals surface area contributed by atoms with Crippen molar-refractivity contribution in [2.24, 2.45) is 0 Å². The molecule has 2 aromatic rings. The topological polar surface area (TPSA) is 59.8 Å². The number of amides is 1. The Morgan fingerprint density at radius 3 is 2.70 bits per heavy atom. The van der Waals surface area contributed by atoms with Crippen LogP contribution in [0.4, 0.5) is 18.9 Å². The molecule has 3 rings (SSSR count). The fourth-order valence-electron chi connectivity index (χ4n) is 3.48. The van der Waals surface area contributed by atoms with E-state index < -0.39 is 17.6 Å². The zero-order valence-corrected chi connectivity index (χ0v) is 17.8. The Labute approximate surface area is 182 Å². The van der Waals surface area contributed by atoms with Crippen LogP contribution in [0.3, 0.4) is 0 Å². The fourth-order valence-corrected chi connectivity index (χ4v) is 4.40. The van der Waals surface area contributed by atoms with Crippen LogP contribution in [0.1, 0.15) is 49.4 Å². The highest BCUT2D eigenvalue weighted by molar-refractivity contribution is 7.99. The third kappa shape index (κ3) is 5.57. The minimum Gasteiger partial charge on any atom is -0.324 e. The maximum atomic E-state index is 12.9. The van der Waals surface area contributed by atoms with Gasteiger partial charge < -0.3 is 9.88 Å². The Morgan fingerprint density at radius 2 is 2.03 bits per heavy atom. The summed E-state index contributed by atoms with van der Waals surface area (Å²) in [5, 5.41) is 11.6. The van der Waals surface area contributed by atoms with Gasteiger partial charge in [-0.2, -0.15) is 13.2 Å². The molecule has 0 unspecified atom stereocenters. The van der Waals surface area contributed by atoms with Crippen molar-refractivity contribution < 1.29 is 18.0 Å². The second-order valence-electron chi connectivity index (χ2n) is 7.10. The van der Waals surface area contributed by atoms with Crippen LogP contribution < -0.4 is 5.32 Å². The zero-order chi connectivity index (χ0) is 21.7. The molecule has 0 bridgehead atoms. The van der Waals surface area contributed by atoms with Crippen LogP contribution in [0.25, 0.3) is 0 Å². The van der Waals surface area contributed by atoms with E-state index in [1.54, 1.807) is 6.08 Å². The van der Waals surface area contributed by atoms with E-state index in [2.05, 4.69) is 22.1 Å². The maximum Gasteiger partial charge on any atom is 0.416 e. The molecule has 0 atom stereocenters. The van der Waals surface area contributed by atoms with Gasteiger partial charge in [0.2, 0.25) is 5.91 Å². The molecule has 162 valence electrons. The molecule has 1 N–H and O–H groups in total. The third-order valence-corrected chi connectivity index (χ3v) is 6.22. The summed E-state index contributed by atoms with van der Waals surface area (Å²) in [5.41, 5.74) is -0.953. The molecule has 10 heteroatoms. The van der Waals surface area contributed by atoms with Crippen LogP contribution in [0, 0.1) is 0 Å². The number of carbonyl (C=O) groups excluding carboxylic acids is 1. The number of aromatic nitrogens is 3. The van der Waals surface area contributed by atoms with Gasteiger partial charge in [-0.25, -0.2) is 0 Å². The average Bonchev–Trinajstić information content (AvgIpc) is 3.11. The smallest absolute Gasteiger partial charge is 0.324 e. The molecule has 1 aromatic heterocycles. The predicted molar refractivity (Wildman–Crippen MR) is 112 cm³/mol. The summed E-state index contributed by atoms with van der Waals surface area (Å²) in [6.45, 7) is 4.31. The number of anilines is 1. The van der Waals surface area contributed by atoms with E-state index in [-0.39, 0.29) is 16.5 Å². The quantitative estimate of drug-likeness (QED) is 0.413. The number of allylic oxidation sites excluding steroid dienone is 1. The second-order valence-corrected chi connectivity index (χ2v) is 8.45. The molecule has 1 saturated carbocycles. The Kier molecular flexibility index (Phi) is 7.46. The Morgan fingerprint density at radius 1 is 1.30 bits per heavy atom. The molecular formula is C20H22ClF3N4OS. The van der Waals surface area contributed by atoms with E-state index >= 15 is 0 Å². The average molecular weight is 459 g/mol. The summed E-state index contributed by atoms with van der Waals surface area (Å²) in [4.78, 5) is 12.3. The highest BCUT2D eigenvalue weighted by Gasteiger charge is 2.31. The van der Waals surface area contributed by atoms with Gasteiger partial charge in [0.1, 0.15) is 5.82 Å². The Bertz CT molecular complexity index is 910. The van der Waals surface area contributed by atoms with E-state index in [4.69, 9.17) is 11.6 Å². The van der Waals surface area contributed by atoms with Gasteiger partial charge >= 0.3 is 6.18 Å². The highest BCUT2D eigenvalue weighted by atomic mass is 35.5. The molecule has 1 aliphatic carbocycles. The molecule has 0 aliphatic heterocycles. The second kappa shape index (κ2) is 9.87. The van der Waals surface area contributed by atoms with Crippen LogP contribution in [-0.4, -0.2) is 26.4 Å². The Hall–Kier alpha value is -2.00. The standard InChI is InChI=1S/C20H22ClF3N4OS/c1-2-10-28-18(13-6-4-3-5-7-13)26-27-19(28)30-12-17(29)25-16-11-14(20(22,23)24)8-9-15(16)21/h2,8-9,11,13H,1,3-7,10,12H2,(H,25,29). The van der Waals surface area contributed by atoms with Crippen LogP contribution in [0.5, 0.6) is 0 Å². The van der Waals surface area contributed by atoms with Crippen molar-refractivity contribution in [1.82, 2.24) is 14.8 Å². The monoisotopic (exact) mass is 458 g/mol. The minimum atomic E-state index is -4.52. The molecule has 1 heterocycles. The van der Waals surface area contributed by atoms with Crippen molar-refractivity contribution >= 4 is 35.0 Å². The van der Waals surface area contributed by atoms with Gasteiger partial charge in [0, 0.05) is 12.5 Å². The Balaban J connectivity index is 1.67.